The fourth-order valence-corrected chi connectivity index (χ4v) is 0.711. The van der Waals surface area contributed by atoms with Gasteiger partial charge in [-0.1, -0.05) is 0 Å². The first-order valence-corrected chi connectivity index (χ1v) is 2.89. The van der Waals surface area contributed by atoms with Crippen molar-refractivity contribution in [2.45, 2.75) is 6.61 Å². The fourth-order valence-electron chi connectivity index (χ4n) is 0.711. The molecule has 54 valence electrons. The molecule has 0 saturated carbocycles. The molecule has 0 heterocycles. The predicted molar refractivity (Wildman–Crippen MR) is 36.7 cm³/mol. The van der Waals surface area contributed by atoms with Gasteiger partial charge < -0.3 is 10.8 Å². The van der Waals surface area contributed by atoms with E-state index in [1.54, 1.807) is 0 Å². The molecule has 0 saturated heterocycles. The second-order valence-electron chi connectivity index (χ2n) is 2.00. The molecule has 0 aliphatic heterocycles. The Balaban J connectivity index is 3.09. The Morgan fingerprint density at radius 1 is 1.50 bits per heavy atom. The monoisotopic (exact) mass is 141 g/mol. The molecule has 0 aromatic heterocycles. The largest absolute Gasteiger partial charge is 0.398 e. The van der Waals surface area contributed by atoms with Crippen LogP contribution in [0.15, 0.2) is 18.2 Å². The van der Waals surface area contributed by atoms with E-state index in [4.69, 9.17) is 10.8 Å². The van der Waals surface area contributed by atoms with Crippen LogP contribution in [0.4, 0.5) is 10.1 Å². The predicted octanol–water partition coefficient (Wildman–Crippen LogP) is 0.900. The third-order valence-corrected chi connectivity index (χ3v) is 1.28. The van der Waals surface area contributed by atoms with Gasteiger partial charge in [0, 0.05) is 11.3 Å². The lowest BCUT2D eigenvalue weighted by Gasteiger charge is -1.99. The number of rotatable bonds is 1. The highest BCUT2D eigenvalue weighted by atomic mass is 19.1. The number of nitrogens with two attached hydrogens (primary N) is 1. The first kappa shape index (κ1) is 7.02. The molecule has 10 heavy (non-hydrogen) atoms. The molecule has 0 aliphatic carbocycles. The number of benzene rings is 1. The van der Waals surface area contributed by atoms with Crippen LogP contribution in [0.1, 0.15) is 5.56 Å². The van der Waals surface area contributed by atoms with Gasteiger partial charge in [-0.15, -0.1) is 0 Å². The molecule has 0 aliphatic rings. The SMILES string of the molecule is Nc1ccc(F)cc1CO. The highest BCUT2D eigenvalue weighted by Gasteiger charge is 1.97. The third kappa shape index (κ3) is 1.25. The Hall–Kier alpha value is -1.09. The van der Waals surface area contributed by atoms with E-state index >= 15 is 0 Å². The van der Waals surface area contributed by atoms with E-state index in [0.717, 1.165) is 0 Å². The van der Waals surface area contributed by atoms with E-state index in [9.17, 15) is 4.39 Å². The Kier molecular flexibility index (Phi) is 1.87. The average molecular weight is 141 g/mol. The van der Waals surface area contributed by atoms with Crippen LogP contribution in [0.25, 0.3) is 0 Å². The highest BCUT2D eigenvalue weighted by Crippen LogP contribution is 2.12. The van der Waals surface area contributed by atoms with E-state index in [-0.39, 0.29) is 12.4 Å². The van der Waals surface area contributed by atoms with Crippen molar-refractivity contribution in [3.05, 3.63) is 29.6 Å². The van der Waals surface area contributed by atoms with Gasteiger partial charge in [-0.2, -0.15) is 0 Å². The quantitative estimate of drug-likeness (QED) is 0.571. The summed E-state index contributed by atoms with van der Waals surface area (Å²) in [6.45, 7) is -0.219. The topological polar surface area (TPSA) is 46.2 Å². The Morgan fingerprint density at radius 3 is 2.70 bits per heavy atom. The van der Waals surface area contributed by atoms with Gasteiger partial charge in [-0.3, -0.25) is 0 Å². The number of aliphatic hydroxyl groups excluding tert-OH is 1. The van der Waals surface area contributed by atoms with Gasteiger partial charge in [0.1, 0.15) is 5.82 Å². The molecule has 0 bridgehead atoms. The standard InChI is InChI=1S/C7H8FNO/c8-6-1-2-7(9)5(3-6)4-10/h1-3,10H,4,9H2. The van der Waals surface area contributed by atoms with Crippen LogP contribution in [0.2, 0.25) is 0 Å². The summed E-state index contributed by atoms with van der Waals surface area (Å²) in [7, 11) is 0. The molecule has 0 amide bonds. The maximum Gasteiger partial charge on any atom is 0.123 e. The lowest BCUT2D eigenvalue weighted by molar-refractivity contribution is 0.282. The summed E-state index contributed by atoms with van der Waals surface area (Å²) < 4.78 is 12.4. The van der Waals surface area contributed by atoms with Crippen molar-refractivity contribution in [1.29, 1.82) is 0 Å². The Bertz CT molecular complexity index is 237. The van der Waals surface area contributed by atoms with Crippen molar-refractivity contribution < 1.29 is 9.50 Å². The molecule has 1 aromatic carbocycles. The van der Waals surface area contributed by atoms with Crippen molar-refractivity contribution >= 4 is 5.69 Å². The smallest absolute Gasteiger partial charge is 0.123 e. The zero-order valence-corrected chi connectivity index (χ0v) is 5.34. The van der Waals surface area contributed by atoms with Crippen molar-refractivity contribution in [3.63, 3.8) is 0 Å². The maximum atomic E-state index is 12.4. The van der Waals surface area contributed by atoms with Crippen molar-refractivity contribution in [1.82, 2.24) is 0 Å². The second kappa shape index (κ2) is 2.66. The highest BCUT2D eigenvalue weighted by molar-refractivity contribution is 5.46. The Labute approximate surface area is 58.1 Å². The van der Waals surface area contributed by atoms with Crippen molar-refractivity contribution in [3.8, 4) is 0 Å². The van der Waals surface area contributed by atoms with Gasteiger partial charge in [0.05, 0.1) is 6.61 Å². The van der Waals surface area contributed by atoms with Gasteiger partial charge in [0.2, 0.25) is 0 Å². The van der Waals surface area contributed by atoms with Gasteiger partial charge in [0.25, 0.3) is 0 Å². The van der Waals surface area contributed by atoms with Crippen LogP contribution >= 0.6 is 0 Å². The Morgan fingerprint density at radius 2 is 2.20 bits per heavy atom. The van der Waals surface area contributed by atoms with Gasteiger partial charge >= 0.3 is 0 Å². The van der Waals surface area contributed by atoms with Crippen molar-refractivity contribution in [2.75, 3.05) is 5.73 Å². The lowest BCUT2D eigenvalue weighted by Crippen LogP contribution is -1.94. The molecular weight excluding hydrogens is 133 g/mol. The first-order chi connectivity index (χ1) is 4.74. The number of hydrogen-bond acceptors (Lipinski definition) is 2. The molecule has 0 spiro atoms. The minimum Gasteiger partial charge on any atom is -0.398 e. The molecule has 2 nitrogen and oxygen atoms in total. The molecule has 0 radical (unpaired) electrons. The number of halogens is 1. The lowest BCUT2D eigenvalue weighted by atomic mass is 10.2. The number of aliphatic hydroxyl groups is 1. The molecule has 0 fully saturated rings. The summed E-state index contributed by atoms with van der Waals surface area (Å²) in [5.74, 6) is -0.377. The van der Waals surface area contributed by atoms with E-state index in [1.165, 1.54) is 18.2 Å². The number of anilines is 1. The zero-order valence-electron chi connectivity index (χ0n) is 5.34. The van der Waals surface area contributed by atoms with Crippen LogP contribution < -0.4 is 5.73 Å². The maximum absolute atomic E-state index is 12.4. The van der Waals surface area contributed by atoms with Crippen LogP contribution in [0.3, 0.4) is 0 Å². The van der Waals surface area contributed by atoms with Crippen LogP contribution in [0, 0.1) is 5.82 Å². The molecule has 0 atom stereocenters. The number of hydrogen-bond donors (Lipinski definition) is 2. The third-order valence-electron chi connectivity index (χ3n) is 1.28. The summed E-state index contributed by atoms with van der Waals surface area (Å²) in [6, 6.07) is 3.91. The van der Waals surface area contributed by atoms with E-state index in [2.05, 4.69) is 0 Å². The minimum absolute atomic E-state index is 0.219. The number of nitrogen functional groups attached to an aromatic ring is 1. The summed E-state index contributed by atoms with van der Waals surface area (Å²) in [4.78, 5) is 0. The second-order valence-corrected chi connectivity index (χ2v) is 2.00. The van der Waals surface area contributed by atoms with Gasteiger partial charge in [-0.25, -0.2) is 4.39 Å². The molecule has 3 N–H and O–H groups in total. The summed E-state index contributed by atoms with van der Waals surface area (Å²) in [5, 5.41) is 8.60. The van der Waals surface area contributed by atoms with Gasteiger partial charge in [0.15, 0.2) is 0 Å². The van der Waals surface area contributed by atoms with E-state index in [0.29, 0.717) is 11.3 Å². The molecule has 1 aromatic rings. The molecular formula is C7H8FNO. The summed E-state index contributed by atoms with van der Waals surface area (Å²) in [6.07, 6.45) is 0. The van der Waals surface area contributed by atoms with Crippen LogP contribution in [-0.2, 0) is 6.61 Å². The van der Waals surface area contributed by atoms with Gasteiger partial charge in [-0.05, 0) is 18.2 Å². The fraction of sp³-hybridized carbons (Fsp3) is 0.143. The minimum atomic E-state index is -0.377. The first-order valence-electron chi connectivity index (χ1n) is 2.89. The van der Waals surface area contributed by atoms with E-state index < -0.39 is 0 Å². The van der Waals surface area contributed by atoms with E-state index in [1.807, 2.05) is 0 Å². The summed E-state index contributed by atoms with van der Waals surface area (Å²) >= 11 is 0. The molecule has 0 unspecified atom stereocenters. The normalized spacial score (nSPS) is 9.80. The molecule has 1 rings (SSSR count). The van der Waals surface area contributed by atoms with Crippen molar-refractivity contribution in [2.24, 2.45) is 0 Å². The summed E-state index contributed by atoms with van der Waals surface area (Å²) in [5.41, 5.74) is 6.22. The van der Waals surface area contributed by atoms with Crippen LogP contribution in [0.5, 0.6) is 0 Å². The zero-order chi connectivity index (χ0) is 7.56. The average Bonchev–Trinajstić information content (AvgIpc) is 1.94. The molecule has 3 heteroatoms. The van der Waals surface area contributed by atoms with Crippen LogP contribution in [-0.4, -0.2) is 5.11 Å².